The van der Waals surface area contributed by atoms with Gasteiger partial charge >= 0.3 is 6.09 Å². The number of nitrogens with zero attached hydrogens (tertiary/aromatic N) is 5. The first-order valence-corrected chi connectivity index (χ1v) is 8.47. The van der Waals surface area contributed by atoms with Crippen LogP contribution >= 0.6 is 23.2 Å². The van der Waals surface area contributed by atoms with Crippen molar-refractivity contribution >= 4 is 41.1 Å². The molecule has 9 heteroatoms. The van der Waals surface area contributed by atoms with Gasteiger partial charge in [0.15, 0.2) is 11.0 Å². The smallest absolute Gasteiger partial charge is 0.410 e. The number of halogens is 2. The van der Waals surface area contributed by atoms with Gasteiger partial charge < -0.3 is 19.4 Å². The molecule has 24 heavy (non-hydrogen) atoms. The predicted molar refractivity (Wildman–Crippen MR) is 96.4 cm³/mol. The second-order valence-electron chi connectivity index (χ2n) is 6.80. The molecule has 1 aromatic rings. The molecule has 1 saturated heterocycles. The van der Waals surface area contributed by atoms with E-state index in [4.69, 9.17) is 27.9 Å². The molecule has 1 aliphatic heterocycles. The molecule has 0 saturated carbocycles. The highest BCUT2D eigenvalue weighted by Gasteiger charge is 2.28. The maximum absolute atomic E-state index is 12.1. The van der Waals surface area contributed by atoms with E-state index in [1.807, 2.05) is 39.8 Å². The van der Waals surface area contributed by atoms with E-state index in [0.717, 1.165) is 0 Å². The number of aromatic nitrogens is 2. The topological polar surface area (TPSA) is 61.8 Å². The number of hydrogen-bond acceptors (Lipinski definition) is 6. The zero-order chi connectivity index (χ0) is 18.1. The summed E-state index contributed by atoms with van der Waals surface area (Å²) >= 11 is 12.4. The fraction of sp³-hybridized carbons (Fsp3) is 0.667. The Balaban J connectivity index is 2.08. The van der Waals surface area contributed by atoms with Gasteiger partial charge in [-0.25, -0.2) is 4.79 Å². The van der Waals surface area contributed by atoms with E-state index in [2.05, 4.69) is 9.97 Å². The molecule has 0 aromatic carbocycles. The van der Waals surface area contributed by atoms with Crippen LogP contribution in [0.2, 0.25) is 10.2 Å². The summed E-state index contributed by atoms with van der Waals surface area (Å²) in [4.78, 5) is 26.2. The van der Waals surface area contributed by atoms with Gasteiger partial charge in [-0.3, -0.25) is 0 Å². The van der Waals surface area contributed by atoms with Crippen LogP contribution in [-0.4, -0.2) is 66.8 Å². The molecular weight excluding hydrogens is 353 g/mol. The quantitative estimate of drug-likeness (QED) is 0.740. The zero-order valence-electron chi connectivity index (χ0n) is 14.6. The van der Waals surface area contributed by atoms with Gasteiger partial charge in [0.05, 0.1) is 0 Å². The summed E-state index contributed by atoms with van der Waals surface area (Å²) in [6, 6.07) is 0. The van der Waals surface area contributed by atoms with Crippen molar-refractivity contribution in [1.82, 2.24) is 14.9 Å². The number of piperazine rings is 1. The van der Waals surface area contributed by atoms with E-state index < -0.39 is 5.60 Å². The molecule has 0 N–H and O–H groups in total. The molecule has 0 atom stereocenters. The monoisotopic (exact) mass is 375 g/mol. The summed E-state index contributed by atoms with van der Waals surface area (Å²) in [5, 5.41) is 0.549. The highest BCUT2D eigenvalue weighted by Crippen LogP contribution is 2.32. The van der Waals surface area contributed by atoms with Crippen molar-refractivity contribution in [2.45, 2.75) is 26.4 Å². The molecule has 1 aromatic heterocycles. The lowest BCUT2D eigenvalue weighted by molar-refractivity contribution is 0.0240. The Labute approximate surface area is 152 Å². The number of hydrogen-bond donors (Lipinski definition) is 0. The van der Waals surface area contributed by atoms with Crippen LogP contribution in [0.25, 0.3) is 0 Å². The predicted octanol–water partition coefficient (Wildman–Crippen LogP) is 2.91. The average molecular weight is 376 g/mol. The van der Waals surface area contributed by atoms with Crippen molar-refractivity contribution in [1.29, 1.82) is 0 Å². The highest BCUT2D eigenvalue weighted by molar-refractivity contribution is 6.42. The van der Waals surface area contributed by atoms with Crippen molar-refractivity contribution in [3.8, 4) is 0 Å². The van der Waals surface area contributed by atoms with Crippen LogP contribution < -0.4 is 9.80 Å². The van der Waals surface area contributed by atoms with Gasteiger partial charge in [-0.05, 0) is 20.8 Å². The summed E-state index contributed by atoms with van der Waals surface area (Å²) < 4.78 is 5.40. The van der Waals surface area contributed by atoms with Gasteiger partial charge in [-0.2, -0.15) is 9.97 Å². The number of carbonyl (C=O) groups is 1. The fourth-order valence-corrected chi connectivity index (χ4v) is 2.60. The van der Waals surface area contributed by atoms with Gasteiger partial charge in [0, 0.05) is 40.3 Å². The van der Waals surface area contributed by atoms with Gasteiger partial charge in [0.25, 0.3) is 0 Å². The number of carbonyl (C=O) groups excluding carboxylic acids is 1. The van der Waals surface area contributed by atoms with Crippen LogP contribution in [0.5, 0.6) is 0 Å². The van der Waals surface area contributed by atoms with E-state index >= 15 is 0 Å². The van der Waals surface area contributed by atoms with E-state index in [-0.39, 0.29) is 11.2 Å². The lowest BCUT2D eigenvalue weighted by Gasteiger charge is -2.36. The van der Waals surface area contributed by atoms with E-state index in [1.54, 1.807) is 9.80 Å². The Hall–Kier alpha value is -1.47. The van der Waals surface area contributed by atoms with Gasteiger partial charge in [0.2, 0.25) is 5.95 Å². The molecule has 1 amide bonds. The number of anilines is 2. The lowest BCUT2D eigenvalue weighted by Crippen LogP contribution is -2.50. The van der Waals surface area contributed by atoms with E-state index in [9.17, 15) is 4.79 Å². The van der Waals surface area contributed by atoms with E-state index in [0.29, 0.717) is 43.0 Å². The third kappa shape index (κ3) is 4.54. The Morgan fingerprint density at radius 3 is 2.21 bits per heavy atom. The number of rotatable bonds is 2. The first-order valence-electron chi connectivity index (χ1n) is 7.71. The molecule has 134 valence electrons. The van der Waals surface area contributed by atoms with Crippen molar-refractivity contribution in [3.05, 3.63) is 10.2 Å². The van der Waals surface area contributed by atoms with Crippen LogP contribution in [0.4, 0.5) is 16.6 Å². The van der Waals surface area contributed by atoms with Gasteiger partial charge in [0.1, 0.15) is 10.6 Å². The first-order chi connectivity index (χ1) is 11.1. The normalized spacial score (nSPS) is 15.5. The maximum Gasteiger partial charge on any atom is 0.410 e. The molecule has 2 heterocycles. The molecule has 0 unspecified atom stereocenters. The lowest BCUT2D eigenvalue weighted by atomic mass is 10.2. The molecule has 0 spiro atoms. The molecule has 1 aliphatic rings. The van der Waals surface area contributed by atoms with Crippen molar-refractivity contribution in [2.24, 2.45) is 0 Å². The molecule has 1 fully saturated rings. The summed E-state index contributed by atoms with van der Waals surface area (Å²) in [5.74, 6) is 1.08. The van der Waals surface area contributed by atoms with Crippen LogP contribution in [0.3, 0.4) is 0 Å². The highest BCUT2D eigenvalue weighted by atomic mass is 35.5. The molecule has 7 nitrogen and oxygen atoms in total. The third-order valence-corrected chi connectivity index (χ3v) is 4.13. The summed E-state index contributed by atoms with van der Waals surface area (Å²) in [6.07, 6.45) is -0.303. The SMILES string of the molecule is CN(C)c1nc(Cl)c(Cl)c(N2CCN(C(=O)OC(C)(C)C)CC2)n1. The van der Waals surface area contributed by atoms with Crippen LogP contribution in [-0.2, 0) is 4.74 Å². The second-order valence-corrected chi connectivity index (χ2v) is 7.54. The first kappa shape index (κ1) is 18.9. The van der Waals surface area contributed by atoms with Crippen LogP contribution in [0, 0.1) is 0 Å². The molecule has 0 aliphatic carbocycles. The van der Waals surface area contributed by atoms with Crippen molar-refractivity contribution in [2.75, 3.05) is 50.1 Å². The minimum atomic E-state index is -0.502. The maximum atomic E-state index is 12.1. The molecule has 2 rings (SSSR count). The number of ether oxygens (including phenoxy) is 1. The van der Waals surface area contributed by atoms with Gasteiger partial charge in [-0.1, -0.05) is 23.2 Å². The van der Waals surface area contributed by atoms with Gasteiger partial charge in [-0.15, -0.1) is 0 Å². The third-order valence-electron chi connectivity index (χ3n) is 3.41. The Morgan fingerprint density at radius 1 is 1.12 bits per heavy atom. The minimum absolute atomic E-state index is 0.222. The molecule has 0 bridgehead atoms. The molecular formula is C15H23Cl2N5O2. The largest absolute Gasteiger partial charge is 0.444 e. The van der Waals surface area contributed by atoms with E-state index in [1.165, 1.54) is 0 Å². The van der Waals surface area contributed by atoms with Crippen molar-refractivity contribution in [3.63, 3.8) is 0 Å². The Bertz CT molecular complexity index is 611. The number of amides is 1. The molecule has 0 radical (unpaired) electrons. The van der Waals surface area contributed by atoms with Crippen LogP contribution in [0.1, 0.15) is 20.8 Å². The Morgan fingerprint density at radius 2 is 1.71 bits per heavy atom. The average Bonchev–Trinajstić information content (AvgIpc) is 2.48. The standard InChI is InChI=1S/C15H23Cl2N5O2/c1-15(2,3)24-14(23)22-8-6-21(7-9-22)12-10(16)11(17)18-13(19-12)20(4)5/h6-9H2,1-5H3. The van der Waals surface area contributed by atoms with Crippen molar-refractivity contribution < 1.29 is 9.53 Å². The Kier molecular flexibility index (Phi) is 5.65. The minimum Gasteiger partial charge on any atom is -0.444 e. The zero-order valence-corrected chi connectivity index (χ0v) is 16.1. The summed E-state index contributed by atoms with van der Waals surface area (Å²) in [6.45, 7) is 7.82. The fourth-order valence-electron chi connectivity index (χ4n) is 2.23. The summed E-state index contributed by atoms with van der Waals surface area (Å²) in [5.41, 5.74) is -0.502. The second kappa shape index (κ2) is 7.19. The van der Waals surface area contributed by atoms with Crippen LogP contribution in [0.15, 0.2) is 0 Å². The summed E-state index contributed by atoms with van der Waals surface area (Å²) in [7, 11) is 3.67.